The van der Waals surface area contributed by atoms with Crippen molar-refractivity contribution in [3.63, 3.8) is 0 Å². The summed E-state index contributed by atoms with van der Waals surface area (Å²) < 4.78 is 0. The van der Waals surface area contributed by atoms with Crippen molar-refractivity contribution in [3.8, 4) is 0 Å². The highest BCUT2D eigenvalue weighted by Crippen LogP contribution is 2.31. The van der Waals surface area contributed by atoms with Gasteiger partial charge in [0.2, 0.25) is 0 Å². The smallest absolute Gasteiger partial charge is 0.131 e. The summed E-state index contributed by atoms with van der Waals surface area (Å²) >= 11 is 0. The van der Waals surface area contributed by atoms with Crippen molar-refractivity contribution in [2.75, 3.05) is 23.7 Å². The zero-order valence-corrected chi connectivity index (χ0v) is 17.7. The highest BCUT2D eigenvalue weighted by molar-refractivity contribution is 5.49. The number of fused-ring (bicyclic) bond motifs is 2. The van der Waals surface area contributed by atoms with Crippen LogP contribution in [0.3, 0.4) is 0 Å². The van der Waals surface area contributed by atoms with Crippen LogP contribution in [0, 0.1) is 6.92 Å². The molecule has 0 atom stereocenters. The van der Waals surface area contributed by atoms with Crippen LogP contribution in [-0.2, 0) is 25.7 Å². The number of nitrogens with one attached hydrogen (secondary N) is 2. The van der Waals surface area contributed by atoms with Crippen molar-refractivity contribution in [3.05, 3.63) is 82.7 Å². The molecule has 0 unspecified atom stereocenters. The first-order chi connectivity index (χ1) is 14.9. The number of hydrogen-bond donors (Lipinski definition) is 4. The Balaban J connectivity index is 1.22. The fourth-order valence-corrected chi connectivity index (χ4v) is 4.86. The average molecular weight is 417 g/mol. The van der Waals surface area contributed by atoms with Crippen molar-refractivity contribution in [1.82, 2.24) is 9.97 Å². The molecule has 0 radical (unpaired) electrons. The molecular formula is C25H28N4O2. The molecule has 2 aliphatic carbocycles. The van der Waals surface area contributed by atoms with Crippen molar-refractivity contribution in [2.45, 2.75) is 43.8 Å². The highest BCUT2D eigenvalue weighted by atomic mass is 16.3. The number of hydrogen-bond acceptors (Lipinski definition) is 6. The SMILES string of the molecule is Cc1nc(NCC2(O)Cc3ccccc3C2)cc(NCC2(O)Cc3ccccc3C2)n1. The molecule has 1 heterocycles. The van der Waals surface area contributed by atoms with E-state index in [2.05, 4.69) is 44.9 Å². The first-order valence-electron chi connectivity index (χ1n) is 10.8. The van der Waals surface area contributed by atoms with Gasteiger partial charge in [0.1, 0.15) is 17.5 Å². The Bertz CT molecular complexity index is 980. The second kappa shape index (κ2) is 7.62. The minimum absolute atomic E-state index is 0.414. The maximum absolute atomic E-state index is 11.0. The van der Waals surface area contributed by atoms with Crippen LogP contribution in [0.1, 0.15) is 28.1 Å². The lowest BCUT2D eigenvalue weighted by molar-refractivity contribution is 0.0647. The van der Waals surface area contributed by atoms with Gasteiger partial charge in [-0.1, -0.05) is 48.5 Å². The molecule has 160 valence electrons. The third-order valence-electron chi connectivity index (χ3n) is 6.35. The van der Waals surface area contributed by atoms with Gasteiger partial charge in [0.25, 0.3) is 0 Å². The Hall–Kier alpha value is -2.96. The van der Waals surface area contributed by atoms with Gasteiger partial charge in [-0.25, -0.2) is 9.97 Å². The lowest BCUT2D eigenvalue weighted by Gasteiger charge is -2.24. The Morgan fingerprint density at radius 1 is 0.710 bits per heavy atom. The molecule has 0 saturated heterocycles. The standard InChI is InChI=1S/C25H28N4O2/c1-17-28-22(26-15-24(30)11-18-6-2-3-7-19(18)12-24)10-23(29-17)27-16-25(31)13-20-8-4-5-9-21(20)14-25/h2-10,30-31H,11-16H2,1H3,(H2,26,27,28,29). The van der Waals surface area contributed by atoms with Crippen LogP contribution >= 0.6 is 0 Å². The number of aryl methyl sites for hydroxylation is 1. The van der Waals surface area contributed by atoms with Crippen LogP contribution in [0.15, 0.2) is 54.6 Å². The molecule has 4 N–H and O–H groups in total. The molecule has 0 amide bonds. The number of nitrogens with zero attached hydrogens (tertiary/aromatic N) is 2. The van der Waals surface area contributed by atoms with E-state index in [-0.39, 0.29) is 0 Å². The molecule has 31 heavy (non-hydrogen) atoms. The zero-order valence-electron chi connectivity index (χ0n) is 17.7. The molecule has 2 aliphatic rings. The second-order valence-electron chi connectivity index (χ2n) is 9.09. The van der Waals surface area contributed by atoms with E-state index < -0.39 is 11.2 Å². The van der Waals surface area contributed by atoms with Crippen molar-refractivity contribution >= 4 is 11.6 Å². The fourth-order valence-electron chi connectivity index (χ4n) is 4.86. The summed E-state index contributed by atoms with van der Waals surface area (Å²) in [6.07, 6.45) is 2.55. The lowest BCUT2D eigenvalue weighted by atomic mass is 10.0. The highest BCUT2D eigenvalue weighted by Gasteiger charge is 2.36. The average Bonchev–Trinajstić information content (AvgIpc) is 3.26. The minimum Gasteiger partial charge on any atom is -0.387 e. The zero-order chi connectivity index (χ0) is 21.5. The van der Waals surface area contributed by atoms with Gasteiger partial charge >= 0.3 is 0 Å². The maximum atomic E-state index is 11.0. The first-order valence-corrected chi connectivity index (χ1v) is 10.8. The summed E-state index contributed by atoms with van der Waals surface area (Å²) in [5, 5.41) is 28.6. The monoisotopic (exact) mass is 416 g/mol. The van der Waals surface area contributed by atoms with E-state index in [9.17, 15) is 10.2 Å². The molecule has 0 spiro atoms. The minimum atomic E-state index is -0.819. The number of aliphatic hydroxyl groups is 2. The molecule has 0 fully saturated rings. The summed E-state index contributed by atoms with van der Waals surface area (Å²) in [5.74, 6) is 1.97. The Morgan fingerprint density at radius 3 is 1.42 bits per heavy atom. The van der Waals surface area contributed by atoms with Gasteiger partial charge in [-0.15, -0.1) is 0 Å². The summed E-state index contributed by atoms with van der Waals surface area (Å²) in [7, 11) is 0. The van der Waals surface area contributed by atoms with Crippen LogP contribution < -0.4 is 10.6 Å². The topological polar surface area (TPSA) is 90.3 Å². The van der Waals surface area contributed by atoms with E-state index in [0.29, 0.717) is 56.2 Å². The molecule has 6 nitrogen and oxygen atoms in total. The van der Waals surface area contributed by atoms with E-state index in [1.165, 1.54) is 22.3 Å². The summed E-state index contributed by atoms with van der Waals surface area (Å²) in [5.41, 5.74) is 3.19. The second-order valence-corrected chi connectivity index (χ2v) is 9.09. The van der Waals surface area contributed by atoms with Gasteiger partial charge < -0.3 is 20.8 Å². The van der Waals surface area contributed by atoms with Gasteiger partial charge in [-0.3, -0.25) is 0 Å². The molecule has 1 aromatic heterocycles. The van der Waals surface area contributed by atoms with Gasteiger partial charge in [0, 0.05) is 44.8 Å². The molecule has 3 aromatic rings. The first kappa shape index (κ1) is 20.0. The van der Waals surface area contributed by atoms with Crippen molar-refractivity contribution in [2.24, 2.45) is 0 Å². The maximum Gasteiger partial charge on any atom is 0.131 e. The van der Waals surface area contributed by atoms with Gasteiger partial charge in [-0.2, -0.15) is 0 Å². The van der Waals surface area contributed by atoms with E-state index in [0.717, 1.165) is 0 Å². The largest absolute Gasteiger partial charge is 0.387 e. The Kier molecular flexibility index (Phi) is 4.91. The molecular weight excluding hydrogens is 388 g/mol. The number of aromatic nitrogens is 2. The molecule has 0 saturated carbocycles. The van der Waals surface area contributed by atoms with Crippen LogP contribution in [-0.4, -0.2) is 44.5 Å². The normalized spacial score (nSPS) is 17.8. The predicted octanol–water partition coefficient (Wildman–Crippen LogP) is 2.67. The third kappa shape index (κ3) is 4.27. The van der Waals surface area contributed by atoms with Crippen LogP contribution in [0.25, 0.3) is 0 Å². The predicted molar refractivity (Wildman–Crippen MR) is 121 cm³/mol. The van der Waals surface area contributed by atoms with Gasteiger partial charge in [0.15, 0.2) is 0 Å². The van der Waals surface area contributed by atoms with Crippen molar-refractivity contribution in [1.29, 1.82) is 0 Å². The van der Waals surface area contributed by atoms with Crippen LogP contribution in [0.4, 0.5) is 11.6 Å². The lowest BCUT2D eigenvalue weighted by Crippen LogP contribution is -2.38. The Morgan fingerprint density at radius 2 is 1.06 bits per heavy atom. The number of anilines is 2. The van der Waals surface area contributed by atoms with Crippen LogP contribution in [0.5, 0.6) is 0 Å². The van der Waals surface area contributed by atoms with E-state index in [1.54, 1.807) is 0 Å². The molecule has 0 aliphatic heterocycles. The van der Waals surface area contributed by atoms with E-state index in [4.69, 9.17) is 0 Å². The number of benzene rings is 2. The molecule has 5 rings (SSSR count). The fraction of sp³-hybridized carbons (Fsp3) is 0.360. The third-order valence-corrected chi connectivity index (χ3v) is 6.35. The van der Waals surface area contributed by atoms with E-state index in [1.807, 2.05) is 37.3 Å². The number of rotatable bonds is 6. The van der Waals surface area contributed by atoms with Crippen LogP contribution in [0.2, 0.25) is 0 Å². The molecule has 0 bridgehead atoms. The van der Waals surface area contributed by atoms with Crippen molar-refractivity contribution < 1.29 is 10.2 Å². The molecule has 6 heteroatoms. The van der Waals surface area contributed by atoms with Gasteiger partial charge in [0.05, 0.1) is 11.2 Å². The quantitative estimate of drug-likeness (QED) is 0.494. The molecule has 2 aromatic carbocycles. The Labute approximate surface area is 182 Å². The van der Waals surface area contributed by atoms with E-state index >= 15 is 0 Å². The summed E-state index contributed by atoms with van der Waals surface area (Å²) in [6.45, 7) is 2.67. The summed E-state index contributed by atoms with van der Waals surface area (Å²) in [4.78, 5) is 8.94. The summed E-state index contributed by atoms with van der Waals surface area (Å²) in [6, 6.07) is 18.2. The van der Waals surface area contributed by atoms with Gasteiger partial charge in [-0.05, 0) is 29.2 Å².